The molecular formula is C19H25F3O5. The molecule has 4 bridgehead atoms. The molecule has 0 spiro atoms. The van der Waals surface area contributed by atoms with Crippen molar-refractivity contribution in [3.63, 3.8) is 0 Å². The molecule has 4 fully saturated rings. The van der Waals surface area contributed by atoms with Gasteiger partial charge in [0, 0.05) is 11.8 Å². The van der Waals surface area contributed by atoms with Crippen molar-refractivity contribution in [3.8, 4) is 0 Å². The van der Waals surface area contributed by atoms with E-state index in [9.17, 15) is 27.9 Å². The Hall–Kier alpha value is -1.57. The van der Waals surface area contributed by atoms with Crippen LogP contribution in [0.25, 0.3) is 0 Å². The van der Waals surface area contributed by atoms with Crippen molar-refractivity contribution >= 4 is 11.9 Å². The highest BCUT2D eigenvalue weighted by atomic mass is 19.4. The smallest absolute Gasteiger partial charge is 0.417 e. The van der Waals surface area contributed by atoms with Crippen molar-refractivity contribution in [2.24, 2.45) is 23.7 Å². The first kappa shape index (κ1) is 20.2. The van der Waals surface area contributed by atoms with Gasteiger partial charge >= 0.3 is 18.1 Å². The third-order valence-electron chi connectivity index (χ3n) is 6.47. The third kappa shape index (κ3) is 3.73. The zero-order valence-electron chi connectivity index (χ0n) is 15.3. The molecule has 4 aliphatic rings. The summed E-state index contributed by atoms with van der Waals surface area (Å²) < 4.78 is 48.1. The average molecular weight is 390 g/mol. The van der Waals surface area contributed by atoms with Gasteiger partial charge in [0.05, 0.1) is 6.42 Å². The fourth-order valence-corrected chi connectivity index (χ4v) is 5.26. The summed E-state index contributed by atoms with van der Waals surface area (Å²) >= 11 is 0. The number of hydrogen-bond acceptors (Lipinski definition) is 5. The Morgan fingerprint density at radius 3 is 2.07 bits per heavy atom. The molecule has 0 aromatic rings. The predicted molar refractivity (Wildman–Crippen MR) is 88.3 cm³/mol. The van der Waals surface area contributed by atoms with Crippen LogP contribution >= 0.6 is 0 Å². The molecule has 8 heteroatoms. The van der Waals surface area contributed by atoms with Crippen LogP contribution in [0.4, 0.5) is 13.2 Å². The van der Waals surface area contributed by atoms with Gasteiger partial charge in [-0.25, -0.2) is 4.79 Å². The van der Waals surface area contributed by atoms with E-state index in [4.69, 9.17) is 4.74 Å². The highest BCUT2D eigenvalue weighted by molar-refractivity contribution is 5.77. The molecule has 4 aliphatic carbocycles. The fourth-order valence-electron chi connectivity index (χ4n) is 5.26. The molecule has 1 atom stereocenters. The van der Waals surface area contributed by atoms with Crippen molar-refractivity contribution in [2.45, 2.75) is 62.8 Å². The molecule has 0 heterocycles. The van der Waals surface area contributed by atoms with Gasteiger partial charge in [-0.3, -0.25) is 4.79 Å². The number of rotatable bonds is 6. The molecule has 5 nitrogen and oxygen atoms in total. The van der Waals surface area contributed by atoms with Crippen molar-refractivity contribution in [1.82, 2.24) is 0 Å². The second-order valence-corrected chi connectivity index (χ2v) is 8.45. The standard InChI is InChI=1S/C19H25F3O5/c1-3-18(13-5-11-4-12(7-13)8-14(18)6-11)27-16(24)10-26-15(23)9-17(2,25)19(20,21)22/h3,11-14,25H,1,4-10H2,2H3. The normalized spacial score (nSPS) is 36.8. The van der Waals surface area contributed by atoms with E-state index in [2.05, 4.69) is 11.3 Å². The summed E-state index contributed by atoms with van der Waals surface area (Å²) in [4.78, 5) is 23.8. The second-order valence-electron chi connectivity index (χ2n) is 8.45. The summed E-state index contributed by atoms with van der Waals surface area (Å²) in [6.07, 6.45) is 0.534. The minimum absolute atomic E-state index is 0.192. The van der Waals surface area contributed by atoms with Gasteiger partial charge < -0.3 is 14.6 Å². The van der Waals surface area contributed by atoms with Gasteiger partial charge in [0.1, 0.15) is 5.60 Å². The Morgan fingerprint density at radius 2 is 1.63 bits per heavy atom. The van der Waals surface area contributed by atoms with Crippen LogP contribution in [-0.2, 0) is 19.1 Å². The molecule has 0 aromatic heterocycles. The van der Waals surface area contributed by atoms with Crippen LogP contribution in [0.2, 0.25) is 0 Å². The molecule has 1 unspecified atom stereocenters. The number of ether oxygens (including phenoxy) is 2. The van der Waals surface area contributed by atoms with Crippen molar-refractivity contribution in [2.75, 3.05) is 6.61 Å². The van der Waals surface area contributed by atoms with Gasteiger partial charge in [-0.1, -0.05) is 6.58 Å². The maximum Gasteiger partial charge on any atom is 0.417 e. The molecule has 0 amide bonds. The number of carbonyl (C=O) groups excluding carboxylic acids is 2. The molecule has 1 N–H and O–H groups in total. The molecule has 0 aliphatic heterocycles. The first-order valence-electron chi connectivity index (χ1n) is 9.27. The maximum absolute atomic E-state index is 12.6. The van der Waals surface area contributed by atoms with E-state index < -0.39 is 42.3 Å². The highest BCUT2D eigenvalue weighted by Gasteiger charge is 2.58. The molecule has 152 valence electrons. The van der Waals surface area contributed by atoms with E-state index in [1.165, 1.54) is 6.42 Å². The first-order chi connectivity index (χ1) is 12.5. The lowest BCUT2D eigenvalue weighted by Gasteiger charge is -2.59. The van der Waals surface area contributed by atoms with Gasteiger partial charge in [-0.15, -0.1) is 0 Å². The van der Waals surface area contributed by atoms with Gasteiger partial charge in [-0.05, 0) is 56.9 Å². The van der Waals surface area contributed by atoms with Crippen LogP contribution in [-0.4, -0.2) is 41.0 Å². The van der Waals surface area contributed by atoms with Crippen molar-refractivity contribution < 1.29 is 37.3 Å². The SMILES string of the molecule is C=CC1(OC(=O)COC(=O)CC(C)(O)C(F)(F)F)C2CC3CC(C2)CC1C3. The summed E-state index contributed by atoms with van der Waals surface area (Å²) in [5.74, 6) is -0.425. The van der Waals surface area contributed by atoms with Crippen LogP contribution < -0.4 is 0 Å². The lowest BCUT2D eigenvalue weighted by atomic mass is 9.50. The predicted octanol–water partition coefficient (Wildman–Crippen LogP) is 3.16. The largest absolute Gasteiger partial charge is 0.454 e. The van der Waals surface area contributed by atoms with E-state index in [0.717, 1.165) is 25.7 Å². The molecule has 0 saturated heterocycles. The fraction of sp³-hybridized carbons (Fsp3) is 0.789. The Labute approximate surface area is 155 Å². The number of alkyl halides is 3. The summed E-state index contributed by atoms with van der Waals surface area (Å²) in [7, 11) is 0. The summed E-state index contributed by atoms with van der Waals surface area (Å²) in [5.41, 5.74) is -3.99. The lowest BCUT2D eigenvalue weighted by Crippen LogP contribution is -2.58. The van der Waals surface area contributed by atoms with Gasteiger partial charge in [0.15, 0.2) is 12.2 Å². The van der Waals surface area contributed by atoms with E-state index in [1.807, 2.05) is 0 Å². The Bertz CT molecular complexity index is 597. The van der Waals surface area contributed by atoms with Crippen molar-refractivity contribution in [3.05, 3.63) is 12.7 Å². The minimum Gasteiger partial charge on any atom is -0.454 e. The lowest BCUT2D eigenvalue weighted by molar-refractivity contribution is -0.256. The molecule has 27 heavy (non-hydrogen) atoms. The zero-order valence-corrected chi connectivity index (χ0v) is 15.3. The van der Waals surface area contributed by atoms with Crippen LogP contribution in [0.15, 0.2) is 12.7 Å². The number of halogens is 3. The monoisotopic (exact) mass is 390 g/mol. The number of hydrogen-bond donors (Lipinski definition) is 1. The number of esters is 2. The second kappa shape index (κ2) is 6.79. The average Bonchev–Trinajstić information content (AvgIpc) is 2.54. The van der Waals surface area contributed by atoms with E-state index in [1.54, 1.807) is 6.08 Å². The first-order valence-corrected chi connectivity index (χ1v) is 9.27. The van der Waals surface area contributed by atoms with E-state index in [-0.39, 0.29) is 11.8 Å². The van der Waals surface area contributed by atoms with Gasteiger partial charge in [0.25, 0.3) is 0 Å². The van der Waals surface area contributed by atoms with E-state index in [0.29, 0.717) is 18.8 Å². The van der Waals surface area contributed by atoms with Crippen LogP contribution in [0, 0.1) is 23.7 Å². The molecule has 4 saturated carbocycles. The maximum atomic E-state index is 12.6. The number of aliphatic hydroxyl groups is 1. The topological polar surface area (TPSA) is 72.8 Å². The molecule has 4 rings (SSSR count). The van der Waals surface area contributed by atoms with Gasteiger partial charge in [-0.2, -0.15) is 13.2 Å². The Balaban J connectivity index is 1.56. The Kier molecular flexibility index (Phi) is 5.08. The minimum atomic E-state index is -4.97. The molecule has 0 radical (unpaired) electrons. The zero-order chi connectivity index (χ0) is 20.0. The van der Waals surface area contributed by atoms with Crippen LogP contribution in [0.5, 0.6) is 0 Å². The van der Waals surface area contributed by atoms with Gasteiger partial charge in [0.2, 0.25) is 0 Å². The van der Waals surface area contributed by atoms with Crippen molar-refractivity contribution in [1.29, 1.82) is 0 Å². The summed E-state index contributed by atoms with van der Waals surface area (Å²) in [5, 5.41) is 9.31. The molecular weight excluding hydrogens is 365 g/mol. The van der Waals surface area contributed by atoms with Crippen LogP contribution in [0.1, 0.15) is 45.4 Å². The van der Waals surface area contributed by atoms with Crippen LogP contribution in [0.3, 0.4) is 0 Å². The quantitative estimate of drug-likeness (QED) is 0.557. The van der Waals surface area contributed by atoms with E-state index >= 15 is 0 Å². The number of carbonyl (C=O) groups is 2. The third-order valence-corrected chi connectivity index (χ3v) is 6.47. The highest BCUT2D eigenvalue weighted by Crippen LogP contribution is 2.60. The molecule has 0 aromatic carbocycles. The summed E-state index contributed by atoms with van der Waals surface area (Å²) in [6, 6.07) is 0. The summed E-state index contributed by atoms with van der Waals surface area (Å²) in [6.45, 7) is 3.56. The Morgan fingerprint density at radius 1 is 1.11 bits per heavy atom.